The highest BCUT2D eigenvalue weighted by Crippen LogP contribution is 2.30. The molecule has 0 atom stereocenters. The van der Waals surface area contributed by atoms with E-state index in [9.17, 15) is 13.2 Å². The van der Waals surface area contributed by atoms with E-state index in [-0.39, 0.29) is 27.7 Å². The van der Waals surface area contributed by atoms with Gasteiger partial charge in [-0.1, -0.05) is 19.9 Å². The van der Waals surface area contributed by atoms with Crippen LogP contribution in [0.15, 0.2) is 46.3 Å². The van der Waals surface area contributed by atoms with Gasteiger partial charge in [0.2, 0.25) is 15.9 Å². The molecular formula is C25H30N8O4S. The fourth-order valence-corrected chi connectivity index (χ4v) is 5.96. The Hall–Kier alpha value is -3.68. The maximum absolute atomic E-state index is 13.5. The number of hydrogen-bond donors (Lipinski definition) is 1. The van der Waals surface area contributed by atoms with E-state index in [0.717, 1.165) is 6.54 Å². The Morgan fingerprint density at radius 3 is 2.50 bits per heavy atom. The minimum absolute atomic E-state index is 0.0172. The van der Waals surface area contributed by atoms with Crippen molar-refractivity contribution >= 4 is 21.1 Å². The van der Waals surface area contributed by atoms with Gasteiger partial charge in [0.15, 0.2) is 11.3 Å². The molecule has 5 rings (SSSR count). The minimum Gasteiger partial charge on any atom is -0.477 e. The highest BCUT2D eigenvalue weighted by molar-refractivity contribution is 7.89. The van der Waals surface area contributed by atoms with Crippen molar-refractivity contribution in [3.05, 3.63) is 52.7 Å². The number of sulfonamides is 1. The average molecular weight is 539 g/mol. The molecule has 1 N–H and O–H groups in total. The third-order valence-corrected chi connectivity index (χ3v) is 8.47. The Labute approximate surface area is 220 Å². The van der Waals surface area contributed by atoms with Crippen LogP contribution in [0.1, 0.15) is 26.5 Å². The van der Waals surface area contributed by atoms with Gasteiger partial charge in [-0.25, -0.2) is 28.1 Å². The number of nitrogens with zero attached hydrogens (tertiary/aromatic N) is 7. The van der Waals surface area contributed by atoms with Crippen LogP contribution >= 0.6 is 0 Å². The van der Waals surface area contributed by atoms with Crippen molar-refractivity contribution in [2.24, 2.45) is 0 Å². The lowest BCUT2D eigenvalue weighted by Gasteiger charge is -2.33. The first-order chi connectivity index (χ1) is 18.4. The number of nitrogens with one attached hydrogen (secondary N) is 1. The third-order valence-electron chi connectivity index (χ3n) is 6.60. The van der Waals surface area contributed by atoms with E-state index >= 15 is 0 Å². The molecule has 1 fully saturated rings. The zero-order valence-corrected chi connectivity index (χ0v) is 22.4. The molecule has 0 aromatic carbocycles. The molecule has 13 heteroatoms. The number of aromatic amines is 1. The van der Waals surface area contributed by atoms with Crippen molar-refractivity contribution in [2.45, 2.75) is 32.1 Å². The third kappa shape index (κ3) is 4.68. The first-order valence-corrected chi connectivity index (χ1v) is 14.1. The van der Waals surface area contributed by atoms with Gasteiger partial charge in [0, 0.05) is 32.4 Å². The summed E-state index contributed by atoms with van der Waals surface area (Å²) in [5, 5.41) is 4.47. The van der Waals surface area contributed by atoms with Crippen LogP contribution in [0, 0.1) is 0 Å². The molecule has 4 aromatic heterocycles. The van der Waals surface area contributed by atoms with E-state index in [2.05, 4.69) is 31.9 Å². The van der Waals surface area contributed by atoms with Crippen molar-refractivity contribution < 1.29 is 13.2 Å². The zero-order valence-electron chi connectivity index (χ0n) is 21.6. The summed E-state index contributed by atoms with van der Waals surface area (Å²) in [4.78, 5) is 31.5. The molecule has 1 aliphatic rings. The fourth-order valence-electron chi connectivity index (χ4n) is 4.57. The highest BCUT2D eigenvalue weighted by atomic mass is 32.2. The summed E-state index contributed by atoms with van der Waals surface area (Å²) in [5.41, 5.74) is 1.10. The maximum Gasteiger partial charge on any atom is 0.279 e. The lowest BCUT2D eigenvalue weighted by atomic mass is 10.2. The summed E-state index contributed by atoms with van der Waals surface area (Å²) >= 11 is 0. The average Bonchev–Trinajstić information content (AvgIpc) is 3.33. The number of H-pyrrole nitrogens is 1. The van der Waals surface area contributed by atoms with Crippen molar-refractivity contribution in [2.75, 3.05) is 39.3 Å². The van der Waals surface area contributed by atoms with Crippen molar-refractivity contribution in [3.8, 4) is 23.1 Å². The quantitative estimate of drug-likeness (QED) is 0.356. The summed E-state index contributed by atoms with van der Waals surface area (Å²) in [7, 11) is -3.81. The number of pyridine rings is 2. The van der Waals surface area contributed by atoms with Crippen LogP contribution in [0.3, 0.4) is 0 Å². The Balaban J connectivity index is 1.62. The van der Waals surface area contributed by atoms with Crippen LogP contribution in [0.25, 0.3) is 28.2 Å². The zero-order chi connectivity index (χ0) is 26.9. The van der Waals surface area contributed by atoms with E-state index < -0.39 is 15.6 Å². The number of rotatable bonds is 8. The van der Waals surface area contributed by atoms with E-state index in [4.69, 9.17) is 9.72 Å². The monoisotopic (exact) mass is 538 g/mol. The molecule has 200 valence electrons. The Morgan fingerprint density at radius 2 is 1.84 bits per heavy atom. The Kier molecular flexibility index (Phi) is 7.23. The number of likely N-dealkylation sites (N-methyl/N-ethyl adjacent to an activating group) is 1. The van der Waals surface area contributed by atoms with E-state index in [1.54, 1.807) is 29.9 Å². The van der Waals surface area contributed by atoms with Crippen LogP contribution in [0.5, 0.6) is 5.88 Å². The number of fused-ring (bicyclic) bond motifs is 1. The van der Waals surface area contributed by atoms with Gasteiger partial charge in [-0.2, -0.15) is 9.40 Å². The van der Waals surface area contributed by atoms with Gasteiger partial charge in [0.1, 0.15) is 16.2 Å². The Bertz CT molecular complexity index is 1610. The topological polar surface area (TPSA) is 139 Å². The number of ether oxygens (including phenoxy) is 1. The standard InChI is InChI=1S/C25H30N8O4S/c1-4-19-21-22(30-33(19)20-9-7-8-10-26-20)24(34)29-23(28-21)18-15-17(16-27-25(18)37-6-3)38(35,36)32-13-11-31(5-2)12-14-32/h7-10,15-16H,4-6,11-14H2,1-3H3,(H,28,29,34). The second-order valence-electron chi connectivity index (χ2n) is 8.81. The molecule has 0 amide bonds. The van der Waals surface area contributed by atoms with Crippen LogP contribution in [0.4, 0.5) is 0 Å². The number of aryl methyl sites for hydroxylation is 1. The van der Waals surface area contributed by atoms with Crippen LogP contribution in [0.2, 0.25) is 0 Å². The largest absolute Gasteiger partial charge is 0.477 e. The summed E-state index contributed by atoms with van der Waals surface area (Å²) in [6, 6.07) is 6.91. The van der Waals surface area contributed by atoms with Crippen LogP contribution < -0.4 is 10.3 Å². The second kappa shape index (κ2) is 10.6. The van der Waals surface area contributed by atoms with Gasteiger partial charge in [-0.3, -0.25) is 4.79 Å². The van der Waals surface area contributed by atoms with Gasteiger partial charge < -0.3 is 14.6 Å². The molecule has 1 saturated heterocycles. The molecule has 38 heavy (non-hydrogen) atoms. The molecular weight excluding hydrogens is 508 g/mol. The van der Waals surface area contributed by atoms with Gasteiger partial charge in [-0.05, 0) is 38.1 Å². The first-order valence-electron chi connectivity index (χ1n) is 12.7. The van der Waals surface area contributed by atoms with Crippen LogP contribution in [-0.2, 0) is 16.4 Å². The SMILES string of the molecule is CCOc1ncc(S(=O)(=O)N2CCN(CC)CC2)cc1-c1nc2c(CC)n(-c3ccccn3)nc2c(=O)[nH]1. The summed E-state index contributed by atoms with van der Waals surface area (Å²) < 4.78 is 35.7. The normalized spacial score (nSPS) is 15.2. The Morgan fingerprint density at radius 1 is 1.05 bits per heavy atom. The van der Waals surface area contributed by atoms with E-state index in [1.807, 2.05) is 13.0 Å². The molecule has 12 nitrogen and oxygen atoms in total. The minimum atomic E-state index is -3.81. The molecule has 0 bridgehead atoms. The molecule has 5 heterocycles. The van der Waals surface area contributed by atoms with Gasteiger partial charge in [0.05, 0.1) is 24.1 Å². The highest BCUT2D eigenvalue weighted by Gasteiger charge is 2.30. The van der Waals surface area contributed by atoms with Crippen molar-refractivity contribution in [1.82, 2.24) is 38.9 Å². The fraction of sp³-hybridized carbons (Fsp3) is 0.400. The van der Waals surface area contributed by atoms with E-state index in [0.29, 0.717) is 56.2 Å². The van der Waals surface area contributed by atoms with Crippen LogP contribution in [-0.4, -0.2) is 86.7 Å². The van der Waals surface area contributed by atoms with Crippen molar-refractivity contribution in [3.63, 3.8) is 0 Å². The predicted octanol–water partition coefficient (Wildman–Crippen LogP) is 1.85. The van der Waals surface area contributed by atoms with E-state index in [1.165, 1.54) is 16.6 Å². The van der Waals surface area contributed by atoms with Crippen molar-refractivity contribution in [1.29, 1.82) is 0 Å². The summed E-state index contributed by atoms with van der Waals surface area (Å²) in [6.45, 7) is 9.10. The van der Waals surface area contributed by atoms with Gasteiger partial charge >= 0.3 is 0 Å². The number of piperazine rings is 1. The lowest BCUT2D eigenvalue weighted by molar-refractivity contribution is 0.196. The summed E-state index contributed by atoms with van der Waals surface area (Å²) in [6.07, 6.45) is 3.49. The molecule has 0 unspecified atom stereocenters. The maximum atomic E-state index is 13.5. The smallest absolute Gasteiger partial charge is 0.279 e. The van der Waals surface area contributed by atoms with Gasteiger partial charge in [0.25, 0.3) is 5.56 Å². The molecule has 0 aliphatic carbocycles. The number of hydrogen-bond acceptors (Lipinski definition) is 9. The molecule has 4 aromatic rings. The molecule has 1 aliphatic heterocycles. The molecule has 0 saturated carbocycles. The van der Waals surface area contributed by atoms with Gasteiger partial charge in [-0.15, -0.1) is 0 Å². The summed E-state index contributed by atoms with van der Waals surface area (Å²) in [5.74, 6) is 0.901. The first kappa shape index (κ1) is 25.9. The lowest BCUT2D eigenvalue weighted by Crippen LogP contribution is -2.48. The molecule has 0 spiro atoms. The number of aromatic nitrogens is 6. The predicted molar refractivity (Wildman–Crippen MR) is 142 cm³/mol. The molecule has 0 radical (unpaired) electrons. The second-order valence-corrected chi connectivity index (χ2v) is 10.7.